The Morgan fingerprint density at radius 1 is 1.45 bits per heavy atom. The Bertz CT molecular complexity index is 725. The lowest BCUT2D eigenvalue weighted by Gasteiger charge is -2.08. The van der Waals surface area contributed by atoms with Gasteiger partial charge in [0.2, 0.25) is 10.0 Å². The molecule has 106 valence electrons. The average Bonchev–Trinajstić information content (AvgIpc) is 2.89. The molecule has 1 heterocycles. The van der Waals surface area contributed by atoms with Gasteiger partial charge in [-0.15, -0.1) is 0 Å². The molecule has 0 atom stereocenters. The molecule has 0 fully saturated rings. The van der Waals surface area contributed by atoms with Crippen molar-refractivity contribution in [3.05, 3.63) is 52.1 Å². The Morgan fingerprint density at radius 3 is 2.80 bits per heavy atom. The minimum atomic E-state index is -3.83. The molecule has 2 N–H and O–H groups in total. The maximum atomic E-state index is 12.2. The SMILES string of the molecule is Cc1c([N+](=O)[O-])cccc1S(=O)(=O)NCc1cnc[nH]1. The zero-order chi connectivity index (χ0) is 14.8. The Kier molecular flexibility index (Phi) is 3.81. The van der Waals surface area contributed by atoms with Gasteiger partial charge in [-0.25, -0.2) is 18.1 Å². The fraction of sp³-hybridized carbons (Fsp3) is 0.182. The Labute approximate surface area is 115 Å². The Balaban J connectivity index is 2.30. The number of rotatable bonds is 5. The molecule has 2 rings (SSSR count). The van der Waals surface area contributed by atoms with Gasteiger partial charge in [-0.1, -0.05) is 6.07 Å². The highest BCUT2D eigenvalue weighted by Crippen LogP contribution is 2.24. The van der Waals surface area contributed by atoms with E-state index in [4.69, 9.17) is 0 Å². The largest absolute Gasteiger partial charge is 0.347 e. The van der Waals surface area contributed by atoms with Gasteiger partial charge in [0.15, 0.2) is 0 Å². The van der Waals surface area contributed by atoms with Gasteiger partial charge in [-0.3, -0.25) is 10.1 Å². The number of H-pyrrole nitrogens is 1. The van der Waals surface area contributed by atoms with E-state index in [0.717, 1.165) is 0 Å². The summed E-state index contributed by atoms with van der Waals surface area (Å²) in [5.41, 5.74) is 0.473. The summed E-state index contributed by atoms with van der Waals surface area (Å²) in [4.78, 5) is 16.6. The van der Waals surface area contributed by atoms with Gasteiger partial charge in [-0.2, -0.15) is 0 Å². The van der Waals surface area contributed by atoms with E-state index in [1.165, 1.54) is 37.6 Å². The summed E-state index contributed by atoms with van der Waals surface area (Å²) in [7, 11) is -3.83. The van der Waals surface area contributed by atoms with Crippen LogP contribution in [0.1, 0.15) is 11.3 Å². The van der Waals surface area contributed by atoms with E-state index in [0.29, 0.717) is 5.69 Å². The van der Waals surface area contributed by atoms with Crippen molar-refractivity contribution in [1.29, 1.82) is 0 Å². The van der Waals surface area contributed by atoms with Gasteiger partial charge in [-0.05, 0) is 13.0 Å². The third kappa shape index (κ3) is 2.83. The predicted molar refractivity (Wildman–Crippen MR) is 70.4 cm³/mol. The number of sulfonamides is 1. The van der Waals surface area contributed by atoms with E-state index in [1.807, 2.05) is 0 Å². The van der Waals surface area contributed by atoms with Crippen molar-refractivity contribution in [3.63, 3.8) is 0 Å². The number of aromatic amines is 1. The molecule has 0 aliphatic carbocycles. The number of aromatic nitrogens is 2. The summed E-state index contributed by atoms with van der Waals surface area (Å²) >= 11 is 0. The minimum Gasteiger partial charge on any atom is -0.347 e. The van der Waals surface area contributed by atoms with Crippen molar-refractivity contribution in [3.8, 4) is 0 Å². The lowest BCUT2D eigenvalue weighted by molar-refractivity contribution is -0.385. The van der Waals surface area contributed by atoms with E-state index in [2.05, 4.69) is 14.7 Å². The lowest BCUT2D eigenvalue weighted by atomic mass is 10.2. The van der Waals surface area contributed by atoms with Crippen molar-refractivity contribution in [1.82, 2.24) is 14.7 Å². The quantitative estimate of drug-likeness (QED) is 0.632. The van der Waals surface area contributed by atoms with Crippen LogP contribution in [-0.4, -0.2) is 23.3 Å². The second kappa shape index (κ2) is 5.39. The normalized spacial score (nSPS) is 11.4. The molecule has 1 aromatic heterocycles. The summed E-state index contributed by atoms with van der Waals surface area (Å²) < 4.78 is 26.7. The molecule has 1 aromatic carbocycles. The van der Waals surface area contributed by atoms with Gasteiger partial charge < -0.3 is 4.98 Å². The Hall–Kier alpha value is -2.26. The molecule has 0 unspecified atom stereocenters. The lowest BCUT2D eigenvalue weighted by Crippen LogP contribution is -2.24. The molecule has 2 aromatic rings. The van der Waals surface area contributed by atoms with Crippen molar-refractivity contribution in [2.45, 2.75) is 18.4 Å². The third-order valence-electron chi connectivity index (χ3n) is 2.75. The van der Waals surface area contributed by atoms with E-state index >= 15 is 0 Å². The van der Waals surface area contributed by atoms with Crippen molar-refractivity contribution in [2.24, 2.45) is 0 Å². The first-order valence-corrected chi connectivity index (χ1v) is 7.11. The molecule has 0 saturated heterocycles. The maximum Gasteiger partial charge on any atom is 0.273 e. The standard InChI is InChI=1S/C11H12N4O4S/c1-8-10(15(16)17)3-2-4-11(8)20(18,19)14-6-9-5-12-7-13-9/h2-5,7,14H,6H2,1H3,(H,12,13). The monoisotopic (exact) mass is 296 g/mol. The molecular weight excluding hydrogens is 284 g/mol. The molecular formula is C11H12N4O4S. The molecule has 0 saturated carbocycles. The van der Waals surface area contributed by atoms with E-state index in [9.17, 15) is 18.5 Å². The first-order chi connectivity index (χ1) is 9.42. The van der Waals surface area contributed by atoms with E-state index in [1.54, 1.807) is 0 Å². The van der Waals surface area contributed by atoms with Crippen LogP contribution in [0, 0.1) is 17.0 Å². The number of nitrogens with one attached hydrogen (secondary N) is 2. The molecule has 0 bridgehead atoms. The number of benzene rings is 1. The van der Waals surface area contributed by atoms with Crippen molar-refractivity contribution >= 4 is 15.7 Å². The minimum absolute atomic E-state index is 0.0322. The highest BCUT2D eigenvalue weighted by molar-refractivity contribution is 7.89. The summed E-state index contributed by atoms with van der Waals surface area (Å²) in [6, 6.07) is 3.94. The van der Waals surface area contributed by atoms with Crippen molar-refractivity contribution < 1.29 is 13.3 Å². The van der Waals surface area contributed by atoms with Crippen LogP contribution in [0.4, 0.5) is 5.69 Å². The molecule has 8 nitrogen and oxygen atoms in total. The van der Waals surface area contributed by atoms with Crippen LogP contribution in [0.3, 0.4) is 0 Å². The van der Waals surface area contributed by atoms with Gasteiger partial charge in [0.1, 0.15) is 0 Å². The third-order valence-corrected chi connectivity index (χ3v) is 4.29. The molecule has 0 radical (unpaired) electrons. The van der Waals surface area contributed by atoms with Crippen LogP contribution in [-0.2, 0) is 16.6 Å². The maximum absolute atomic E-state index is 12.2. The first kappa shape index (κ1) is 14.2. The number of hydrogen-bond donors (Lipinski definition) is 2. The highest BCUT2D eigenvalue weighted by atomic mass is 32.2. The topological polar surface area (TPSA) is 118 Å². The molecule has 0 amide bonds. The van der Waals surface area contributed by atoms with Crippen LogP contribution in [0.15, 0.2) is 35.6 Å². The zero-order valence-electron chi connectivity index (χ0n) is 10.5. The summed E-state index contributed by atoms with van der Waals surface area (Å²) in [5.74, 6) is 0. The average molecular weight is 296 g/mol. The molecule has 9 heteroatoms. The fourth-order valence-electron chi connectivity index (χ4n) is 1.72. The molecule has 0 spiro atoms. The van der Waals surface area contributed by atoms with Gasteiger partial charge in [0.05, 0.1) is 22.7 Å². The van der Waals surface area contributed by atoms with E-state index in [-0.39, 0.29) is 22.7 Å². The molecule has 0 aliphatic heterocycles. The number of nitro groups is 1. The van der Waals surface area contributed by atoms with Crippen LogP contribution in [0.2, 0.25) is 0 Å². The van der Waals surface area contributed by atoms with Crippen LogP contribution in [0.5, 0.6) is 0 Å². The van der Waals surface area contributed by atoms with Gasteiger partial charge in [0, 0.05) is 23.5 Å². The number of imidazole rings is 1. The Morgan fingerprint density at radius 2 is 2.20 bits per heavy atom. The molecule has 20 heavy (non-hydrogen) atoms. The summed E-state index contributed by atoms with van der Waals surface area (Å²) in [6.07, 6.45) is 2.92. The van der Waals surface area contributed by atoms with Crippen LogP contribution < -0.4 is 4.72 Å². The highest BCUT2D eigenvalue weighted by Gasteiger charge is 2.22. The molecule has 0 aliphatic rings. The number of hydrogen-bond acceptors (Lipinski definition) is 5. The van der Waals surface area contributed by atoms with Crippen LogP contribution in [0.25, 0.3) is 0 Å². The predicted octanol–water partition coefficient (Wildman–Crippen LogP) is 1.10. The number of nitrogens with zero attached hydrogens (tertiary/aromatic N) is 2. The summed E-state index contributed by atoms with van der Waals surface area (Å²) in [5, 5.41) is 10.8. The van der Waals surface area contributed by atoms with Crippen LogP contribution >= 0.6 is 0 Å². The second-order valence-corrected chi connectivity index (χ2v) is 5.79. The van der Waals surface area contributed by atoms with Gasteiger partial charge >= 0.3 is 0 Å². The fourth-order valence-corrected chi connectivity index (χ4v) is 2.99. The number of nitro benzene ring substituents is 1. The van der Waals surface area contributed by atoms with Crippen molar-refractivity contribution in [2.75, 3.05) is 0 Å². The second-order valence-electron chi connectivity index (χ2n) is 4.06. The van der Waals surface area contributed by atoms with E-state index < -0.39 is 14.9 Å². The van der Waals surface area contributed by atoms with Gasteiger partial charge in [0.25, 0.3) is 5.69 Å². The zero-order valence-corrected chi connectivity index (χ0v) is 11.3. The first-order valence-electron chi connectivity index (χ1n) is 5.63. The summed E-state index contributed by atoms with van der Waals surface area (Å²) in [6.45, 7) is 1.44. The smallest absolute Gasteiger partial charge is 0.273 e.